The maximum Gasteiger partial charge on any atom is 0.0525 e. The number of benzene rings is 1. The lowest BCUT2D eigenvalue weighted by Crippen LogP contribution is -2.35. The Hall–Kier alpha value is -0.823. The van der Waals surface area contributed by atoms with Crippen LogP contribution in [0.15, 0.2) is 42.5 Å². The quantitative estimate of drug-likeness (QED) is 0.531. The van der Waals surface area contributed by atoms with E-state index in [9.17, 15) is 0 Å². The van der Waals surface area contributed by atoms with Crippen molar-refractivity contribution in [2.45, 2.75) is 37.0 Å². The van der Waals surface area contributed by atoms with E-state index < -0.39 is 8.07 Å². The van der Waals surface area contributed by atoms with Gasteiger partial charge < -0.3 is 0 Å². The molecule has 18 heavy (non-hydrogen) atoms. The van der Waals surface area contributed by atoms with Gasteiger partial charge in [0.25, 0.3) is 0 Å². The molecule has 2 bridgehead atoms. The highest BCUT2D eigenvalue weighted by Crippen LogP contribution is 2.87. The van der Waals surface area contributed by atoms with Crippen LogP contribution in [0.4, 0.5) is 0 Å². The minimum absolute atomic E-state index is 0.688. The Balaban J connectivity index is 1.81. The minimum Gasteiger partial charge on any atom is -0.0848 e. The van der Waals surface area contributed by atoms with Gasteiger partial charge in [0.2, 0.25) is 0 Å². The number of hydrogen-bond acceptors (Lipinski definition) is 0. The second-order valence-electron chi connectivity index (χ2n) is 7.49. The number of rotatable bonds is 2. The Morgan fingerprint density at radius 1 is 1.06 bits per heavy atom. The zero-order valence-electron chi connectivity index (χ0n) is 11.6. The predicted molar refractivity (Wildman–Crippen MR) is 79.4 cm³/mol. The lowest BCUT2D eigenvalue weighted by molar-refractivity contribution is 0.542. The van der Waals surface area contributed by atoms with E-state index in [0.717, 1.165) is 23.7 Å². The highest BCUT2D eigenvalue weighted by Gasteiger charge is 2.78. The van der Waals surface area contributed by atoms with Crippen LogP contribution in [0.5, 0.6) is 0 Å². The van der Waals surface area contributed by atoms with Crippen molar-refractivity contribution in [1.29, 1.82) is 0 Å². The van der Waals surface area contributed by atoms with Crippen molar-refractivity contribution < 1.29 is 0 Å². The van der Waals surface area contributed by atoms with Gasteiger partial charge in [-0.2, -0.15) is 0 Å². The standard InChI is InChI=1S/C17H22Si/c1-18(2,3)17-14-10-9-13(11-14)16(17)15(17)12-7-5-4-6-8-12/h4-10,13-16H,11H2,1-3H3. The number of allylic oxidation sites excluding steroid dienone is 2. The lowest BCUT2D eigenvalue weighted by Gasteiger charge is -2.34. The van der Waals surface area contributed by atoms with Crippen molar-refractivity contribution in [2.75, 3.05) is 0 Å². The Morgan fingerprint density at radius 2 is 1.78 bits per heavy atom. The van der Waals surface area contributed by atoms with E-state index in [1.807, 2.05) is 0 Å². The molecule has 0 radical (unpaired) electrons. The molecule has 2 fully saturated rings. The molecule has 0 amide bonds. The molecule has 0 nitrogen and oxygen atoms in total. The zero-order valence-corrected chi connectivity index (χ0v) is 12.6. The van der Waals surface area contributed by atoms with Gasteiger partial charge in [-0.1, -0.05) is 62.1 Å². The molecule has 94 valence electrons. The van der Waals surface area contributed by atoms with Gasteiger partial charge in [0.15, 0.2) is 0 Å². The van der Waals surface area contributed by atoms with E-state index in [0.29, 0.717) is 5.04 Å². The third-order valence-corrected chi connectivity index (χ3v) is 9.58. The van der Waals surface area contributed by atoms with E-state index in [-0.39, 0.29) is 0 Å². The maximum absolute atomic E-state index is 2.59. The molecule has 1 heteroatoms. The highest BCUT2D eigenvalue weighted by atomic mass is 28.3. The van der Waals surface area contributed by atoms with Gasteiger partial charge in [-0.15, -0.1) is 0 Å². The summed E-state index contributed by atoms with van der Waals surface area (Å²) in [6.45, 7) is 7.78. The summed E-state index contributed by atoms with van der Waals surface area (Å²) >= 11 is 0. The molecule has 0 saturated heterocycles. The summed E-state index contributed by atoms with van der Waals surface area (Å²) in [6.07, 6.45) is 6.54. The monoisotopic (exact) mass is 254 g/mol. The molecular formula is C17H22Si. The van der Waals surface area contributed by atoms with Crippen LogP contribution >= 0.6 is 0 Å². The number of fused-ring (bicyclic) bond motifs is 5. The average molecular weight is 254 g/mol. The van der Waals surface area contributed by atoms with Crippen LogP contribution in [-0.2, 0) is 0 Å². The molecule has 0 aliphatic heterocycles. The van der Waals surface area contributed by atoms with Crippen molar-refractivity contribution in [1.82, 2.24) is 0 Å². The summed E-state index contributed by atoms with van der Waals surface area (Å²) in [6, 6.07) is 11.3. The van der Waals surface area contributed by atoms with Gasteiger partial charge in [0, 0.05) is 0 Å². The van der Waals surface area contributed by atoms with Gasteiger partial charge in [-0.3, -0.25) is 0 Å². The molecular weight excluding hydrogens is 232 g/mol. The largest absolute Gasteiger partial charge is 0.0848 e. The van der Waals surface area contributed by atoms with Gasteiger partial charge in [-0.25, -0.2) is 0 Å². The summed E-state index contributed by atoms with van der Waals surface area (Å²) in [5.41, 5.74) is 1.61. The van der Waals surface area contributed by atoms with Crippen molar-refractivity contribution in [3.8, 4) is 0 Å². The molecule has 5 unspecified atom stereocenters. The summed E-state index contributed by atoms with van der Waals surface area (Å²) in [5, 5.41) is 0.688. The predicted octanol–water partition coefficient (Wildman–Crippen LogP) is 4.68. The van der Waals surface area contributed by atoms with E-state index in [1.165, 1.54) is 6.42 Å². The molecule has 4 rings (SSSR count). The Kier molecular flexibility index (Phi) is 1.96. The smallest absolute Gasteiger partial charge is 0.0525 e. The fraction of sp³-hybridized carbons (Fsp3) is 0.529. The van der Waals surface area contributed by atoms with Gasteiger partial charge in [-0.05, 0) is 40.7 Å². The molecule has 0 N–H and O–H groups in total. The summed E-state index contributed by atoms with van der Waals surface area (Å²) in [7, 11) is -1.13. The molecule has 5 atom stereocenters. The molecule has 3 aliphatic carbocycles. The van der Waals surface area contributed by atoms with Crippen molar-refractivity contribution in [3.63, 3.8) is 0 Å². The first-order valence-electron chi connectivity index (χ1n) is 7.30. The Bertz CT molecular complexity index is 510. The molecule has 1 aromatic carbocycles. The molecule has 3 aliphatic rings. The topological polar surface area (TPSA) is 0 Å². The first-order valence-corrected chi connectivity index (χ1v) is 10.8. The fourth-order valence-electron chi connectivity index (χ4n) is 5.53. The summed E-state index contributed by atoms with van der Waals surface area (Å²) < 4.78 is 0. The van der Waals surface area contributed by atoms with E-state index in [2.05, 4.69) is 62.1 Å². The first-order chi connectivity index (χ1) is 8.57. The Labute approximate surface area is 111 Å². The molecule has 2 saturated carbocycles. The van der Waals surface area contributed by atoms with Gasteiger partial charge in [0.05, 0.1) is 8.07 Å². The van der Waals surface area contributed by atoms with Crippen LogP contribution in [0.25, 0.3) is 0 Å². The van der Waals surface area contributed by atoms with Crippen LogP contribution in [0, 0.1) is 17.8 Å². The van der Waals surface area contributed by atoms with Crippen LogP contribution in [-0.4, -0.2) is 8.07 Å². The second-order valence-corrected chi connectivity index (χ2v) is 12.9. The maximum atomic E-state index is 2.59. The number of hydrogen-bond donors (Lipinski definition) is 0. The average Bonchev–Trinajstić information content (AvgIpc) is 2.71. The SMILES string of the molecule is C[Si](C)(C)C12C3C=CC(C3)C1C2c1ccccc1. The fourth-order valence-corrected chi connectivity index (χ4v) is 9.43. The third-order valence-electron chi connectivity index (χ3n) is 5.97. The van der Waals surface area contributed by atoms with E-state index in [4.69, 9.17) is 0 Å². The van der Waals surface area contributed by atoms with E-state index in [1.54, 1.807) is 5.56 Å². The van der Waals surface area contributed by atoms with Gasteiger partial charge >= 0.3 is 0 Å². The molecule has 0 spiro atoms. The molecule has 0 heterocycles. The Morgan fingerprint density at radius 3 is 2.39 bits per heavy atom. The van der Waals surface area contributed by atoms with Crippen LogP contribution in [0.3, 0.4) is 0 Å². The summed E-state index contributed by atoms with van der Waals surface area (Å²) in [5.74, 6) is 3.63. The van der Waals surface area contributed by atoms with Crippen LogP contribution in [0.2, 0.25) is 24.7 Å². The van der Waals surface area contributed by atoms with Gasteiger partial charge in [0.1, 0.15) is 0 Å². The second kappa shape index (κ2) is 3.19. The first kappa shape index (κ1) is 11.0. The minimum atomic E-state index is -1.13. The van der Waals surface area contributed by atoms with E-state index >= 15 is 0 Å². The van der Waals surface area contributed by atoms with Crippen molar-refractivity contribution in [3.05, 3.63) is 48.0 Å². The normalized spacial score (nSPS) is 44.2. The van der Waals surface area contributed by atoms with Crippen molar-refractivity contribution in [2.24, 2.45) is 17.8 Å². The lowest BCUT2D eigenvalue weighted by atomic mass is 9.96. The van der Waals surface area contributed by atoms with Crippen molar-refractivity contribution >= 4 is 8.07 Å². The van der Waals surface area contributed by atoms with Crippen LogP contribution in [0.1, 0.15) is 17.9 Å². The molecule has 1 aromatic rings. The third kappa shape index (κ3) is 1.08. The highest BCUT2D eigenvalue weighted by molar-refractivity contribution is 6.80. The zero-order chi connectivity index (χ0) is 12.5. The molecule has 0 aromatic heterocycles. The summed E-state index contributed by atoms with van der Waals surface area (Å²) in [4.78, 5) is 0. The van der Waals surface area contributed by atoms with Crippen LogP contribution < -0.4 is 0 Å².